The zero-order valence-corrected chi connectivity index (χ0v) is 10.4. The highest BCUT2D eigenvalue weighted by Gasteiger charge is 2.23. The maximum atomic E-state index is 11.4. The molecule has 4 N–H and O–H groups in total. The van der Waals surface area contributed by atoms with Gasteiger partial charge in [0.1, 0.15) is 5.60 Å². The highest BCUT2D eigenvalue weighted by molar-refractivity contribution is 5.67. The molecule has 0 aromatic rings. The van der Waals surface area contributed by atoms with E-state index in [1.54, 1.807) is 0 Å². The van der Waals surface area contributed by atoms with Crippen LogP contribution in [-0.4, -0.2) is 37.4 Å². The van der Waals surface area contributed by atoms with E-state index in [2.05, 4.69) is 10.6 Å². The second kappa shape index (κ2) is 5.50. The summed E-state index contributed by atoms with van der Waals surface area (Å²) < 4.78 is 5.15. The molecule has 1 fully saturated rings. The summed E-state index contributed by atoms with van der Waals surface area (Å²) in [5, 5.41) is 6.02. The van der Waals surface area contributed by atoms with Crippen molar-refractivity contribution in [2.75, 3.05) is 19.6 Å². The van der Waals surface area contributed by atoms with Crippen LogP contribution < -0.4 is 16.4 Å². The summed E-state index contributed by atoms with van der Waals surface area (Å²) in [6.07, 6.45) is 0.589. The number of hydrogen-bond acceptors (Lipinski definition) is 4. The minimum Gasteiger partial charge on any atom is -0.444 e. The van der Waals surface area contributed by atoms with Crippen LogP contribution in [0.2, 0.25) is 0 Å². The van der Waals surface area contributed by atoms with Gasteiger partial charge in [0.05, 0.1) is 0 Å². The Labute approximate surface area is 97.1 Å². The van der Waals surface area contributed by atoms with Gasteiger partial charge in [-0.3, -0.25) is 0 Å². The summed E-state index contributed by atoms with van der Waals surface area (Å²) in [7, 11) is 0. The van der Waals surface area contributed by atoms with Crippen LogP contribution in [0.5, 0.6) is 0 Å². The van der Waals surface area contributed by atoms with Gasteiger partial charge in [0.2, 0.25) is 0 Å². The van der Waals surface area contributed by atoms with E-state index in [0.29, 0.717) is 12.5 Å². The highest BCUT2D eigenvalue weighted by Crippen LogP contribution is 2.09. The van der Waals surface area contributed by atoms with Crippen molar-refractivity contribution in [3.8, 4) is 0 Å². The van der Waals surface area contributed by atoms with Gasteiger partial charge in [0.15, 0.2) is 0 Å². The summed E-state index contributed by atoms with van der Waals surface area (Å²) in [4.78, 5) is 11.4. The molecular formula is C11H23N3O2. The van der Waals surface area contributed by atoms with Crippen molar-refractivity contribution in [1.82, 2.24) is 10.6 Å². The molecule has 1 heterocycles. The molecule has 5 heteroatoms. The molecule has 0 aromatic heterocycles. The minimum atomic E-state index is -0.447. The van der Waals surface area contributed by atoms with Crippen LogP contribution in [0.25, 0.3) is 0 Å². The van der Waals surface area contributed by atoms with E-state index in [-0.39, 0.29) is 12.1 Å². The van der Waals surface area contributed by atoms with Crippen molar-refractivity contribution in [2.24, 2.45) is 11.7 Å². The lowest BCUT2D eigenvalue weighted by Gasteiger charge is -2.29. The standard InChI is InChI=1S/C11H23N3O2/c1-11(2,3)16-10(15)14-7-8-6-13-5-4-9(8)12/h8-9,13H,4-7,12H2,1-3H3,(H,14,15)/t8-,9+/m0/s1. The molecule has 5 nitrogen and oxygen atoms in total. The molecule has 0 unspecified atom stereocenters. The number of carbonyl (C=O) groups excluding carboxylic acids is 1. The minimum absolute atomic E-state index is 0.163. The Morgan fingerprint density at radius 1 is 1.56 bits per heavy atom. The fourth-order valence-electron chi connectivity index (χ4n) is 1.70. The Morgan fingerprint density at radius 3 is 2.81 bits per heavy atom. The van der Waals surface area contributed by atoms with Gasteiger partial charge in [-0.05, 0) is 33.7 Å². The van der Waals surface area contributed by atoms with Gasteiger partial charge in [-0.2, -0.15) is 0 Å². The second-order valence-corrected chi connectivity index (χ2v) is 5.30. The Morgan fingerprint density at radius 2 is 2.25 bits per heavy atom. The number of amides is 1. The zero-order chi connectivity index (χ0) is 12.2. The van der Waals surface area contributed by atoms with Gasteiger partial charge in [-0.25, -0.2) is 4.79 Å². The van der Waals surface area contributed by atoms with Crippen LogP contribution in [0.1, 0.15) is 27.2 Å². The molecule has 0 saturated carbocycles. The first-order valence-corrected chi connectivity index (χ1v) is 5.81. The maximum absolute atomic E-state index is 11.4. The lowest BCUT2D eigenvalue weighted by molar-refractivity contribution is 0.0515. The number of piperidine rings is 1. The maximum Gasteiger partial charge on any atom is 0.407 e. The van der Waals surface area contributed by atoms with E-state index in [9.17, 15) is 4.79 Å². The van der Waals surface area contributed by atoms with E-state index >= 15 is 0 Å². The number of hydrogen-bond donors (Lipinski definition) is 3. The lowest BCUT2D eigenvalue weighted by atomic mass is 9.94. The molecular weight excluding hydrogens is 206 g/mol. The van der Waals surface area contributed by atoms with Crippen LogP contribution in [0.4, 0.5) is 4.79 Å². The van der Waals surface area contributed by atoms with E-state index in [1.807, 2.05) is 20.8 Å². The van der Waals surface area contributed by atoms with Gasteiger partial charge in [-0.15, -0.1) is 0 Å². The van der Waals surface area contributed by atoms with Crippen molar-refractivity contribution in [1.29, 1.82) is 0 Å². The smallest absolute Gasteiger partial charge is 0.407 e. The largest absolute Gasteiger partial charge is 0.444 e. The van der Waals surface area contributed by atoms with E-state index in [0.717, 1.165) is 19.5 Å². The summed E-state index contributed by atoms with van der Waals surface area (Å²) in [5.41, 5.74) is 5.51. The monoisotopic (exact) mass is 229 g/mol. The number of carbonyl (C=O) groups is 1. The van der Waals surface area contributed by atoms with E-state index in [4.69, 9.17) is 10.5 Å². The summed E-state index contributed by atoms with van der Waals surface area (Å²) in [5.74, 6) is 0.293. The molecule has 0 spiro atoms. The topological polar surface area (TPSA) is 76.4 Å². The van der Waals surface area contributed by atoms with Gasteiger partial charge in [0, 0.05) is 25.0 Å². The summed E-state index contributed by atoms with van der Waals surface area (Å²) >= 11 is 0. The first-order valence-electron chi connectivity index (χ1n) is 5.81. The third-order valence-corrected chi connectivity index (χ3v) is 2.57. The Hall–Kier alpha value is -0.810. The first-order chi connectivity index (χ1) is 7.38. The van der Waals surface area contributed by atoms with Crippen molar-refractivity contribution in [3.05, 3.63) is 0 Å². The fraction of sp³-hybridized carbons (Fsp3) is 0.909. The van der Waals surface area contributed by atoms with Gasteiger partial charge < -0.3 is 21.1 Å². The molecule has 0 aromatic carbocycles. The molecule has 16 heavy (non-hydrogen) atoms. The SMILES string of the molecule is CC(C)(C)OC(=O)NC[C@@H]1CNCC[C@H]1N. The molecule has 0 bridgehead atoms. The quantitative estimate of drug-likeness (QED) is 0.642. The third kappa shape index (κ3) is 4.81. The fourth-order valence-corrected chi connectivity index (χ4v) is 1.70. The summed E-state index contributed by atoms with van der Waals surface area (Å²) in [6.45, 7) is 7.94. The summed E-state index contributed by atoms with van der Waals surface area (Å²) in [6, 6.07) is 0.163. The average molecular weight is 229 g/mol. The number of nitrogens with one attached hydrogen (secondary N) is 2. The molecule has 2 atom stereocenters. The Kier molecular flexibility index (Phi) is 4.56. The predicted molar refractivity (Wildman–Crippen MR) is 63.2 cm³/mol. The molecule has 0 radical (unpaired) electrons. The van der Waals surface area contributed by atoms with Gasteiger partial charge in [-0.1, -0.05) is 0 Å². The number of ether oxygens (including phenoxy) is 1. The molecule has 1 amide bonds. The number of nitrogens with two attached hydrogens (primary N) is 1. The van der Waals surface area contributed by atoms with Crippen molar-refractivity contribution in [2.45, 2.75) is 38.8 Å². The zero-order valence-electron chi connectivity index (χ0n) is 10.4. The Bertz CT molecular complexity index is 238. The average Bonchev–Trinajstić information content (AvgIpc) is 2.14. The lowest BCUT2D eigenvalue weighted by Crippen LogP contribution is -2.49. The van der Waals surface area contributed by atoms with Crippen molar-refractivity contribution >= 4 is 6.09 Å². The molecule has 1 aliphatic rings. The van der Waals surface area contributed by atoms with Crippen LogP contribution in [0.3, 0.4) is 0 Å². The number of rotatable bonds is 2. The van der Waals surface area contributed by atoms with Gasteiger partial charge >= 0.3 is 6.09 Å². The predicted octanol–water partition coefficient (Wildman–Crippen LogP) is 0.448. The highest BCUT2D eigenvalue weighted by atomic mass is 16.6. The van der Waals surface area contributed by atoms with Crippen LogP contribution in [-0.2, 0) is 4.74 Å². The molecule has 1 rings (SSSR count). The second-order valence-electron chi connectivity index (χ2n) is 5.30. The molecule has 1 saturated heterocycles. The van der Waals surface area contributed by atoms with E-state index in [1.165, 1.54) is 0 Å². The van der Waals surface area contributed by atoms with Crippen molar-refractivity contribution < 1.29 is 9.53 Å². The molecule has 94 valence electrons. The normalized spacial score (nSPS) is 26.2. The molecule has 1 aliphatic heterocycles. The number of alkyl carbamates (subject to hydrolysis) is 1. The van der Waals surface area contributed by atoms with Crippen LogP contribution in [0.15, 0.2) is 0 Å². The third-order valence-electron chi connectivity index (χ3n) is 2.57. The van der Waals surface area contributed by atoms with Crippen LogP contribution >= 0.6 is 0 Å². The first kappa shape index (κ1) is 13.3. The molecule has 0 aliphatic carbocycles. The Balaban J connectivity index is 2.25. The van der Waals surface area contributed by atoms with Crippen LogP contribution in [0, 0.1) is 5.92 Å². The van der Waals surface area contributed by atoms with Gasteiger partial charge in [0.25, 0.3) is 0 Å². The van der Waals surface area contributed by atoms with Crippen molar-refractivity contribution in [3.63, 3.8) is 0 Å². The van der Waals surface area contributed by atoms with E-state index < -0.39 is 5.60 Å².